The molecule has 2 saturated heterocycles. The first-order valence-electron chi connectivity index (χ1n) is 8.14. The number of halogens is 1. The molecule has 2 aliphatic rings. The van der Waals surface area contributed by atoms with Crippen LogP contribution < -0.4 is 5.32 Å². The van der Waals surface area contributed by atoms with Gasteiger partial charge in [0, 0.05) is 30.4 Å². The Kier molecular flexibility index (Phi) is 5.53. The van der Waals surface area contributed by atoms with Gasteiger partial charge in [0.1, 0.15) is 0 Å². The van der Waals surface area contributed by atoms with Crippen LogP contribution in [0.25, 0.3) is 0 Å². The standard InChI is InChI=1S/C17H21BrN2O4/c18-14-4-2-1-3-13(14)11-15(21)19-12-16(22)20-7-5-17(6-8-20)23-9-10-24-17/h1-4H,5-12H2,(H,19,21). The van der Waals surface area contributed by atoms with E-state index < -0.39 is 5.79 Å². The number of rotatable bonds is 4. The highest BCUT2D eigenvalue weighted by Gasteiger charge is 2.40. The van der Waals surface area contributed by atoms with Crippen molar-refractivity contribution in [2.75, 3.05) is 32.8 Å². The molecule has 0 aliphatic carbocycles. The van der Waals surface area contributed by atoms with Crippen molar-refractivity contribution >= 4 is 27.7 Å². The largest absolute Gasteiger partial charge is 0.347 e. The van der Waals surface area contributed by atoms with Crippen LogP contribution >= 0.6 is 15.9 Å². The van der Waals surface area contributed by atoms with E-state index in [9.17, 15) is 9.59 Å². The summed E-state index contributed by atoms with van der Waals surface area (Å²) >= 11 is 3.42. The number of likely N-dealkylation sites (tertiary alicyclic amines) is 1. The summed E-state index contributed by atoms with van der Waals surface area (Å²) in [6.07, 6.45) is 1.62. The zero-order chi connectivity index (χ0) is 17.0. The highest BCUT2D eigenvalue weighted by Crippen LogP contribution is 2.31. The Bertz CT molecular complexity index is 606. The molecule has 2 amide bonds. The lowest BCUT2D eigenvalue weighted by Gasteiger charge is -2.37. The van der Waals surface area contributed by atoms with E-state index >= 15 is 0 Å². The van der Waals surface area contributed by atoms with Crippen LogP contribution in [0.3, 0.4) is 0 Å². The minimum atomic E-state index is -0.486. The summed E-state index contributed by atoms with van der Waals surface area (Å²) in [6.45, 7) is 2.47. The van der Waals surface area contributed by atoms with Crippen molar-refractivity contribution in [3.8, 4) is 0 Å². The van der Waals surface area contributed by atoms with Gasteiger partial charge in [0.25, 0.3) is 0 Å². The third-order valence-electron chi connectivity index (χ3n) is 4.44. The fourth-order valence-corrected chi connectivity index (χ4v) is 3.47. The van der Waals surface area contributed by atoms with Gasteiger partial charge in [-0.1, -0.05) is 34.1 Å². The van der Waals surface area contributed by atoms with Crippen LogP contribution in [0.5, 0.6) is 0 Å². The van der Waals surface area contributed by atoms with Crippen molar-refractivity contribution in [1.29, 1.82) is 0 Å². The van der Waals surface area contributed by atoms with Gasteiger partial charge in [-0.3, -0.25) is 9.59 Å². The molecule has 2 aliphatic heterocycles. The van der Waals surface area contributed by atoms with Crippen molar-refractivity contribution in [1.82, 2.24) is 10.2 Å². The topological polar surface area (TPSA) is 67.9 Å². The average Bonchev–Trinajstić information content (AvgIpc) is 3.03. The number of nitrogens with one attached hydrogen (secondary N) is 1. The first-order valence-corrected chi connectivity index (χ1v) is 8.93. The van der Waals surface area contributed by atoms with Crippen molar-refractivity contribution in [3.05, 3.63) is 34.3 Å². The van der Waals surface area contributed by atoms with Crippen molar-refractivity contribution < 1.29 is 19.1 Å². The molecule has 6 nitrogen and oxygen atoms in total. The van der Waals surface area contributed by atoms with E-state index in [1.54, 1.807) is 4.90 Å². The average molecular weight is 397 g/mol. The van der Waals surface area contributed by atoms with Crippen LogP contribution in [-0.4, -0.2) is 55.3 Å². The number of benzene rings is 1. The Morgan fingerprint density at radius 1 is 1.17 bits per heavy atom. The quantitative estimate of drug-likeness (QED) is 0.836. The lowest BCUT2D eigenvalue weighted by Crippen LogP contribution is -2.49. The molecule has 7 heteroatoms. The van der Waals surface area contributed by atoms with E-state index in [-0.39, 0.29) is 24.8 Å². The van der Waals surface area contributed by atoms with Crippen LogP contribution in [-0.2, 0) is 25.5 Å². The number of hydrogen-bond acceptors (Lipinski definition) is 4. The third kappa shape index (κ3) is 4.15. The number of piperidine rings is 1. The molecule has 2 fully saturated rings. The maximum atomic E-state index is 12.2. The van der Waals surface area contributed by atoms with Crippen LogP contribution in [0.15, 0.2) is 28.7 Å². The second-order valence-electron chi connectivity index (χ2n) is 6.03. The summed E-state index contributed by atoms with van der Waals surface area (Å²) in [5.74, 6) is -0.714. The highest BCUT2D eigenvalue weighted by molar-refractivity contribution is 9.10. The second kappa shape index (κ2) is 7.63. The third-order valence-corrected chi connectivity index (χ3v) is 5.21. The van der Waals surface area contributed by atoms with Crippen LogP contribution in [0.4, 0.5) is 0 Å². The number of hydrogen-bond donors (Lipinski definition) is 1. The molecule has 24 heavy (non-hydrogen) atoms. The molecule has 0 saturated carbocycles. The van der Waals surface area contributed by atoms with Crippen LogP contribution in [0.1, 0.15) is 18.4 Å². The molecule has 3 rings (SSSR count). The second-order valence-corrected chi connectivity index (χ2v) is 6.89. The zero-order valence-electron chi connectivity index (χ0n) is 13.4. The van der Waals surface area contributed by atoms with Gasteiger partial charge in [-0.05, 0) is 11.6 Å². The maximum absolute atomic E-state index is 12.2. The van der Waals surface area contributed by atoms with Crippen LogP contribution in [0.2, 0.25) is 0 Å². The van der Waals surface area contributed by atoms with Gasteiger partial charge >= 0.3 is 0 Å². The van der Waals surface area contributed by atoms with E-state index in [0.29, 0.717) is 39.1 Å². The summed E-state index contributed by atoms with van der Waals surface area (Å²) < 4.78 is 12.2. The Labute approximate surface area is 149 Å². The molecule has 2 heterocycles. The van der Waals surface area contributed by atoms with Gasteiger partial charge in [-0.15, -0.1) is 0 Å². The molecular weight excluding hydrogens is 376 g/mol. The van der Waals surface area contributed by atoms with Gasteiger partial charge in [0.05, 0.1) is 26.2 Å². The molecule has 0 bridgehead atoms. The number of ether oxygens (including phenoxy) is 2. The molecule has 0 unspecified atom stereocenters. The summed E-state index contributed by atoms with van der Waals surface area (Å²) in [7, 11) is 0. The molecule has 1 N–H and O–H groups in total. The summed E-state index contributed by atoms with van der Waals surface area (Å²) in [5, 5.41) is 2.70. The van der Waals surface area contributed by atoms with E-state index in [4.69, 9.17) is 9.47 Å². The number of carbonyl (C=O) groups is 2. The molecule has 0 radical (unpaired) electrons. The van der Waals surface area contributed by atoms with Crippen LogP contribution in [0, 0.1) is 0 Å². The van der Waals surface area contributed by atoms with Gasteiger partial charge in [0.2, 0.25) is 11.8 Å². The first kappa shape index (κ1) is 17.4. The predicted molar refractivity (Wildman–Crippen MR) is 91.3 cm³/mol. The fraction of sp³-hybridized carbons (Fsp3) is 0.529. The number of amides is 2. The fourth-order valence-electron chi connectivity index (χ4n) is 3.05. The van der Waals surface area contributed by atoms with Gasteiger partial charge in [-0.25, -0.2) is 0 Å². The highest BCUT2D eigenvalue weighted by atomic mass is 79.9. The Morgan fingerprint density at radius 3 is 2.50 bits per heavy atom. The molecule has 1 aromatic rings. The van der Waals surface area contributed by atoms with E-state index in [0.717, 1.165) is 10.0 Å². The van der Waals surface area contributed by atoms with Gasteiger partial charge in [0.15, 0.2) is 5.79 Å². The maximum Gasteiger partial charge on any atom is 0.241 e. The molecule has 0 aromatic heterocycles. The Balaban J connectivity index is 1.42. The van der Waals surface area contributed by atoms with E-state index in [1.165, 1.54) is 0 Å². The summed E-state index contributed by atoms with van der Waals surface area (Å²) in [6, 6.07) is 7.56. The van der Waals surface area contributed by atoms with E-state index in [1.807, 2.05) is 24.3 Å². The molecule has 1 aromatic carbocycles. The van der Waals surface area contributed by atoms with Crippen molar-refractivity contribution in [3.63, 3.8) is 0 Å². The molecular formula is C17H21BrN2O4. The normalized spacial score (nSPS) is 19.5. The Hall–Kier alpha value is -1.44. The zero-order valence-corrected chi connectivity index (χ0v) is 15.0. The number of carbonyl (C=O) groups excluding carboxylic acids is 2. The van der Waals surface area contributed by atoms with Crippen molar-refractivity contribution in [2.24, 2.45) is 0 Å². The Morgan fingerprint density at radius 2 is 1.83 bits per heavy atom. The monoisotopic (exact) mass is 396 g/mol. The summed E-state index contributed by atoms with van der Waals surface area (Å²) in [5.41, 5.74) is 0.901. The van der Waals surface area contributed by atoms with Gasteiger partial charge in [-0.2, -0.15) is 0 Å². The minimum absolute atomic E-state index is 0.0258. The molecule has 130 valence electrons. The number of nitrogens with zero attached hydrogens (tertiary/aromatic N) is 1. The van der Waals surface area contributed by atoms with Crippen molar-refractivity contribution in [2.45, 2.75) is 25.0 Å². The lowest BCUT2D eigenvalue weighted by atomic mass is 10.0. The predicted octanol–water partition coefficient (Wildman–Crippen LogP) is 1.47. The first-order chi connectivity index (χ1) is 11.6. The van der Waals surface area contributed by atoms with E-state index in [2.05, 4.69) is 21.2 Å². The minimum Gasteiger partial charge on any atom is -0.347 e. The lowest BCUT2D eigenvalue weighted by molar-refractivity contribution is -0.187. The van der Waals surface area contributed by atoms with Gasteiger partial charge < -0.3 is 19.7 Å². The SMILES string of the molecule is O=C(Cc1ccccc1Br)NCC(=O)N1CCC2(CC1)OCCO2. The summed E-state index contributed by atoms with van der Waals surface area (Å²) in [4.78, 5) is 26.0. The molecule has 0 atom stereocenters. The molecule has 1 spiro atoms. The smallest absolute Gasteiger partial charge is 0.241 e.